The molecule has 2 aromatic carbocycles. The molecule has 0 heterocycles. The van der Waals surface area contributed by atoms with Gasteiger partial charge in [-0.2, -0.15) is 0 Å². The maximum absolute atomic E-state index is 12.8. The number of rotatable bonds is 6. The number of fused-ring (bicyclic) bond motifs is 3. The van der Waals surface area contributed by atoms with E-state index in [1.807, 2.05) is 18.4 Å². The van der Waals surface area contributed by atoms with E-state index in [-0.39, 0.29) is 5.43 Å². The first-order chi connectivity index (χ1) is 14.5. The Balaban J connectivity index is 2.38. The van der Waals surface area contributed by atoms with Crippen LogP contribution in [0.15, 0.2) is 34.0 Å². The lowest BCUT2D eigenvalue weighted by Crippen LogP contribution is -2.31. The van der Waals surface area contributed by atoms with Crippen LogP contribution in [-0.4, -0.2) is 45.2 Å². The largest absolute Gasteiger partial charge is 0.493 e. The number of hydrogen-bond acceptors (Lipinski definition) is 7. The van der Waals surface area contributed by atoms with Gasteiger partial charge in [-0.05, 0) is 54.0 Å². The van der Waals surface area contributed by atoms with Gasteiger partial charge in [0.25, 0.3) is 0 Å². The molecular weight excluding hydrogens is 406 g/mol. The van der Waals surface area contributed by atoms with E-state index in [4.69, 9.17) is 14.2 Å². The number of methoxy groups -OCH3 is 3. The first-order valence-electron chi connectivity index (χ1n) is 9.43. The molecule has 1 aliphatic carbocycles. The predicted octanol–water partition coefficient (Wildman–Crippen LogP) is 2.56. The van der Waals surface area contributed by atoms with E-state index in [1.54, 1.807) is 33.5 Å². The molecule has 1 aliphatic rings. The second-order valence-electron chi connectivity index (χ2n) is 6.78. The van der Waals surface area contributed by atoms with Crippen LogP contribution in [0.25, 0.3) is 11.1 Å². The van der Waals surface area contributed by atoms with Crippen LogP contribution in [0.3, 0.4) is 0 Å². The molecule has 0 fully saturated rings. The Morgan fingerprint density at radius 1 is 1.17 bits per heavy atom. The Morgan fingerprint density at radius 3 is 2.50 bits per heavy atom. The van der Waals surface area contributed by atoms with E-state index in [1.165, 1.54) is 11.8 Å². The Morgan fingerprint density at radius 2 is 1.90 bits per heavy atom. The number of carbonyl (C=O) groups excluding carboxylic acids is 1. The molecule has 2 N–H and O–H groups in total. The van der Waals surface area contributed by atoms with Gasteiger partial charge in [0.15, 0.2) is 16.9 Å². The summed E-state index contributed by atoms with van der Waals surface area (Å²) in [7, 11) is 4.66. The van der Waals surface area contributed by atoms with E-state index in [2.05, 4.69) is 5.32 Å². The second-order valence-corrected chi connectivity index (χ2v) is 7.62. The van der Waals surface area contributed by atoms with Gasteiger partial charge in [-0.15, -0.1) is 11.8 Å². The number of hydrogen-bond donors (Lipinski definition) is 2. The molecular formula is C22H25NO6S. The maximum Gasteiger partial charge on any atom is 0.246 e. The predicted molar refractivity (Wildman–Crippen MR) is 116 cm³/mol. The molecule has 0 saturated carbocycles. The molecule has 0 radical (unpaired) electrons. The van der Waals surface area contributed by atoms with Crippen molar-refractivity contribution in [3.63, 3.8) is 0 Å². The molecule has 3 rings (SSSR count). The summed E-state index contributed by atoms with van der Waals surface area (Å²) in [6.07, 6.45) is 2.99. The van der Waals surface area contributed by atoms with Gasteiger partial charge in [-0.25, -0.2) is 0 Å². The number of thioether (sulfide) groups is 1. The minimum Gasteiger partial charge on any atom is -0.493 e. The number of carbonyl (C=O) groups is 1. The number of aliphatic hydroxyl groups is 1. The van der Waals surface area contributed by atoms with Crippen molar-refractivity contribution in [2.75, 3.05) is 34.2 Å². The smallest absolute Gasteiger partial charge is 0.246 e. The molecule has 1 atom stereocenters. The maximum atomic E-state index is 12.8. The van der Waals surface area contributed by atoms with Crippen LogP contribution in [0.1, 0.15) is 23.6 Å². The molecule has 0 bridgehead atoms. The number of ether oxygens (including phenoxy) is 3. The number of aliphatic hydroxyl groups excluding tert-OH is 1. The summed E-state index contributed by atoms with van der Waals surface area (Å²) in [5.41, 5.74) is 3.06. The minimum absolute atomic E-state index is 0.130. The lowest BCUT2D eigenvalue weighted by molar-refractivity contribution is -0.124. The highest BCUT2D eigenvalue weighted by Gasteiger charge is 2.29. The SMILES string of the molecule is COc1cc2c(c(OC)c1OC)-c1ccc(SC)c(=O)cc1C(NC(=O)CO)CC2. The normalized spacial score (nSPS) is 14.8. The number of aryl methyl sites for hydroxylation is 1. The molecule has 0 aliphatic heterocycles. The van der Waals surface area contributed by atoms with Gasteiger partial charge >= 0.3 is 0 Å². The highest BCUT2D eigenvalue weighted by atomic mass is 32.2. The van der Waals surface area contributed by atoms with Crippen LogP contribution in [0.2, 0.25) is 0 Å². The van der Waals surface area contributed by atoms with Gasteiger partial charge in [-0.1, -0.05) is 6.07 Å². The van der Waals surface area contributed by atoms with Gasteiger partial charge in [-0.3, -0.25) is 9.59 Å². The van der Waals surface area contributed by atoms with Crippen molar-refractivity contribution in [3.05, 3.63) is 45.6 Å². The average molecular weight is 432 g/mol. The quantitative estimate of drug-likeness (QED) is 0.679. The molecule has 7 nitrogen and oxygen atoms in total. The molecule has 30 heavy (non-hydrogen) atoms. The van der Waals surface area contributed by atoms with E-state index in [0.717, 1.165) is 16.7 Å². The zero-order valence-electron chi connectivity index (χ0n) is 17.4. The van der Waals surface area contributed by atoms with E-state index < -0.39 is 18.6 Å². The van der Waals surface area contributed by atoms with Crippen LogP contribution in [0, 0.1) is 0 Å². The van der Waals surface area contributed by atoms with Crippen LogP contribution in [0.5, 0.6) is 17.2 Å². The van der Waals surface area contributed by atoms with Crippen molar-refractivity contribution in [2.45, 2.75) is 23.8 Å². The Bertz CT molecular complexity index is 1020. The van der Waals surface area contributed by atoms with Crippen LogP contribution < -0.4 is 25.0 Å². The third-order valence-corrected chi connectivity index (χ3v) is 5.98. The molecule has 0 aromatic heterocycles. The second kappa shape index (κ2) is 9.40. The first kappa shape index (κ1) is 22.0. The third kappa shape index (κ3) is 3.97. The summed E-state index contributed by atoms with van der Waals surface area (Å²) in [5.74, 6) is 1.01. The summed E-state index contributed by atoms with van der Waals surface area (Å²) in [6, 6.07) is 6.68. The highest BCUT2D eigenvalue weighted by Crippen LogP contribution is 2.50. The summed E-state index contributed by atoms with van der Waals surface area (Å²) in [4.78, 5) is 25.3. The molecule has 1 unspecified atom stereocenters. The Labute approximate surface area is 179 Å². The van der Waals surface area contributed by atoms with Crippen molar-refractivity contribution < 1.29 is 24.1 Å². The van der Waals surface area contributed by atoms with Crippen LogP contribution in [-0.2, 0) is 11.2 Å². The van der Waals surface area contributed by atoms with Crippen LogP contribution >= 0.6 is 11.8 Å². The van der Waals surface area contributed by atoms with Crippen molar-refractivity contribution in [1.82, 2.24) is 5.32 Å². The molecule has 8 heteroatoms. The zero-order valence-corrected chi connectivity index (χ0v) is 18.2. The topological polar surface area (TPSA) is 94.1 Å². The lowest BCUT2D eigenvalue weighted by Gasteiger charge is -2.19. The van der Waals surface area contributed by atoms with E-state index in [0.29, 0.717) is 40.5 Å². The molecule has 2 aromatic rings. The number of benzene rings is 1. The Kier molecular flexibility index (Phi) is 6.89. The zero-order chi connectivity index (χ0) is 21.8. The van der Waals surface area contributed by atoms with Crippen LogP contribution in [0.4, 0.5) is 0 Å². The van der Waals surface area contributed by atoms with Crippen molar-refractivity contribution in [1.29, 1.82) is 0 Å². The molecule has 160 valence electrons. The summed E-state index contributed by atoms with van der Waals surface area (Å²) in [6.45, 7) is -0.622. The Hall–Kier alpha value is -2.71. The molecule has 1 amide bonds. The van der Waals surface area contributed by atoms with E-state index >= 15 is 0 Å². The van der Waals surface area contributed by atoms with Gasteiger partial charge in [0.05, 0.1) is 32.3 Å². The summed E-state index contributed by atoms with van der Waals surface area (Å²) >= 11 is 1.36. The summed E-state index contributed by atoms with van der Waals surface area (Å²) < 4.78 is 16.8. The van der Waals surface area contributed by atoms with Gasteiger partial charge in [0.2, 0.25) is 11.7 Å². The highest BCUT2D eigenvalue weighted by molar-refractivity contribution is 7.98. The van der Waals surface area contributed by atoms with Gasteiger partial charge < -0.3 is 24.6 Å². The number of nitrogens with one attached hydrogen (secondary N) is 1. The van der Waals surface area contributed by atoms with Gasteiger partial charge in [0, 0.05) is 5.56 Å². The van der Waals surface area contributed by atoms with Gasteiger partial charge in [0.1, 0.15) is 6.61 Å². The van der Waals surface area contributed by atoms with Crippen molar-refractivity contribution >= 4 is 17.7 Å². The fraction of sp³-hybridized carbons (Fsp3) is 0.364. The minimum atomic E-state index is -0.622. The fourth-order valence-corrected chi connectivity index (χ4v) is 4.32. The standard InChI is InChI=1S/C22H25NO6S/c1-27-17-9-12-5-7-15(23-19(26)11-24)14-10-16(25)18(30-4)8-6-13(14)20(12)22(29-3)21(17)28-2/h6,8-10,15,24H,5,7,11H2,1-4H3,(H,23,26). The fourth-order valence-electron chi connectivity index (χ4n) is 3.86. The summed E-state index contributed by atoms with van der Waals surface area (Å²) in [5, 5.41) is 12.1. The lowest BCUT2D eigenvalue weighted by atomic mass is 9.95. The third-order valence-electron chi connectivity index (χ3n) is 5.20. The molecule has 0 spiro atoms. The monoisotopic (exact) mass is 431 g/mol. The van der Waals surface area contributed by atoms with Crippen molar-refractivity contribution in [2.24, 2.45) is 0 Å². The average Bonchev–Trinajstić information content (AvgIpc) is 3.00. The molecule has 0 saturated heterocycles. The van der Waals surface area contributed by atoms with E-state index in [9.17, 15) is 14.7 Å². The number of amides is 1. The van der Waals surface area contributed by atoms with Crippen molar-refractivity contribution in [3.8, 4) is 28.4 Å². The first-order valence-corrected chi connectivity index (χ1v) is 10.7.